The Kier molecular flexibility index (Phi) is 5.91. The van der Waals surface area contributed by atoms with E-state index in [1.807, 2.05) is 18.2 Å². The highest BCUT2D eigenvalue weighted by atomic mass is 35.5. The van der Waals surface area contributed by atoms with Gasteiger partial charge in [0.25, 0.3) is 6.02 Å². The summed E-state index contributed by atoms with van der Waals surface area (Å²) in [6.45, 7) is 1.85. The van der Waals surface area contributed by atoms with Crippen LogP contribution < -0.4 is 5.73 Å². The number of methoxy groups -OCH3 is 1. The maximum atomic E-state index is 7.15. The largest absolute Gasteiger partial charge is 0.459 e. The van der Waals surface area contributed by atoms with Gasteiger partial charge in [-0.05, 0) is 13.0 Å². The van der Waals surface area contributed by atoms with Crippen LogP contribution in [-0.4, -0.2) is 26.0 Å². The van der Waals surface area contributed by atoms with E-state index in [1.54, 1.807) is 13.0 Å². The van der Waals surface area contributed by atoms with Crippen LogP contribution in [0.25, 0.3) is 0 Å². The maximum Gasteiger partial charge on any atom is 0.279 e. The van der Waals surface area contributed by atoms with Crippen LogP contribution in [0, 0.1) is 5.41 Å². The Morgan fingerprint density at radius 3 is 2.67 bits per heavy atom. The molecule has 0 aliphatic heterocycles. The van der Waals surface area contributed by atoms with Crippen molar-refractivity contribution in [3.8, 4) is 0 Å². The highest BCUT2D eigenvalue weighted by Crippen LogP contribution is 2.29. The Hall–Kier alpha value is -1.30. The summed E-state index contributed by atoms with van der Waals surface area (Å²) >= 11 is 6.12. The smallest absolute Gasteiger partial charge is 0.279 e. The number of nitrogens with two attached hydrogens (primary N) is 1. The van der Waals surface area contributed by atoms with E-state index in [1.165, 1.54) is 7.11 Å². The van der Waals surface area contributed by atoms with Crippen molar-refractivity contribution in [2.24, 2.45) is 5.73 Å². The molecule has 0 fully saturated rings. The minimum atomic E-state index is -0.456. The molecule has 0 radical (unpaired) electrons. The molecule has 3 N–H and O–H groups in total. The van der Waals surface area contributed by atoms with Crippen LogP contribution in [0.15, 0.2) is 24.3 Å². The summed E-state index contributed by atoms with van der Waals surface area (Å²) in [7, 11) is 1.53. The van der Waals surface area contributed by atoms with Gasteiger partial charge in [-0.25, -0.2) is 0 Å². The molecule has 0 aromatic heterocycles. The normalized spacial score (nSPS) is 13.9. The molecule has 1 aromatic rings. The van der Waals surface area contributed by atoms with Crippen molar-refractivity contribution in [1.29, 1.82) is 5.41 Å². The van der Waals surface area contributed by atoms with Crippen LogP contribution in [0.4, 0.5) is 0 Å². The fourth-order valence-corrected chi connectivity index (χ4v) is 1.83. The first-order valence-corrected chi connectivity index (χ1v) is 5.79. The van der Waals surface area contributed by atoms with Crippen LogP contribution in [-0.2, 0) is 14.2 Å². The van der Waals surface area contributed by atoms with Gasteiger partial charge in [-0.15, -0.1) is 0 Å². The lowest BCUT2D eigenvalue weighted by molar-refractivity contribution is -0.107. The van der Waals surface area contributed by atoms with Gasteiger partial charge in [0.1, 0.15) is 19.0 Å². The lowest BCUT2D eigenvalue weighted by Crippen LogP contribution is -2.28. The summed E-state index contributed by atoms with van der Waals surface area (Å²) in [5, 5.41) is 7.71. The number of benzene rings is 1. The molecular formula is C12H17ClN2O3. The molecule has 0 amide bonds. The van der Waals surface area contributed by atoms with Crippen molar-refractivity contribution < 1.29 is 14.2 Å². The molecule has 2 atom stereocenters. The lowest BCUT2D eigenvalue weighted by atomic mass is 10.1. The third-order valence-electron chi connectivity index (χ3n) is 2.32. The highest BCUT2D eigenvalue weighted by Gasteiger charge is 2.24. The second kappa shape index (κ2) is 7.20. The van der Waals surface area contributed by atoms with E-state index >= 15 is 0 Å². The second-order valence-corrected chi connectivity index (χ2v) is 4.11. The zero-order valence-corrected chi connectivity index (χ0v) is 11.1. The average molecular weight is 273 g/mol. The first kappa shape index (κ1) is 14.8. The van der Waals surface area contributed by atoms with Crippen LogP contribution in [0.3, 0.4) is 0 Å². The van der Waals surface area contributed by atoms with Crippen molar-refractivity contribution in [2.75, 3.05) is 13.9 Å². The lowest BCUT2D eigenvalue weighted by Gasteiger charge is -2.25. The Labute approximate surface area is 111 Å². The van der Waals surface area contributed by atoms with Crippen molar-refractivity contribution in [3.63, 3.8) is 0 Å². The molecule has 0 heterocycles. The number of halogens is 1. The number of nitrogens with one attached hydrogen (secondary N) is 1. The molecule has 6 heteroatoms. The fourth-order valence-electron chi connectivity index (χ4n) is 1.59. The molecule has 1 aromatic carbocycles. The SMILES string of the molecule is COCOC(c1ccccc1Cl)C(C)OC(=N)N. The number of hydrogen-bond donors (Lipinski definition) is 2. The van der Waals surface area contributed by atoms with Gasteiger partial charge >= 0.3 is 0 Å². The number of hydrogen-bond acceptors (Lipinski definition) is 4. The number of rotatable bonds is 6. The molecule has 0 bridgehead atoms. The first-order valence-electron chi connectivity index (χ1n) is 5.42. The van der Waals surface area contributed by atoms with E-state index in [0.29, 0.717) is 5.02 Å². The number of ether oxygens (including phenoxy) is 3. The van der Waals surface area contributed by atoms with Crippen LogP contribution in [0.1, 0.15) is 18.6 Å². The van der Waals surface area contributed by atoms with E-state index in [2.05, 4.69) is 0 Å². The Balaban J connectivity index is 2.90. The van der Waals surface area contributed by atoms with Gasteiger partial charge in [0.2, 0.25) is 0 Å². The molecule has 18 heavy (non-hydrogen) atoms. The van der Waals surface area contributed by atoms with Gasteiger partial charge in [-0.1, -0.05) is 29.8 Å². The third-order valence-corrected chi connectivity index (χ3v) is 2.66. The van der Waals surface area contributed by atoms with E-state index in [4.69, 9.17) is 37.0 Å². The highest BCUT2D eigenvalue weighted by molar-refractivity contribution is 6.31. The van der Waals surface area contributed by atoms with E-state index in [0.717, 1.165) is 5.56 Å². The first-order chi connectivity index (χ1) is 8.56. The Bertz CT molecular complexity index is 401. The van der Waals surface area contributed by atoms with Crippen LogP contribution in [0.2, 0.25) is 5.02 Å². The van der Waals surface area contributed by atoms with Gasteiger partial charge in [-0.3, -0.25) is 5.41 Å². The quantitative estimate of drug-likeness (QED) is 0.473. The van der Waals surface area contributed by atoms with Crippen molar-refractivity contribution >= 4 is 17.6 Å². The summed E-state index contributed by atoms with van der Waals surface area (Å²) < 4.78 is 15.6. The maximum absolute atomic E-state index is 7.15. The molecule has 1 rings (SSSR count). The molecule has 0 aliphatic rings. The second-order valence-electron chi connectivity index (χ2n) is 3.70. The van der Waals surface area contributed by atoms with Crippen molar-refractivity contribution in [2.45, 2.75) is 19.1 Å². The molecule has 5 nitrogen and oxygen atoms in total. The zero-order valence-electron chi connectivity index (χ0n) is 10.4. The fraction of sp³-hybridized carbons (Fsp3) is 0.417. The molecule has 0 spiro atoms. The molecular weight excluding hydrogens is 256 g/mol. The van der Waals surface area contributed by atoms with Crippen LogP contribution in [0.5, 0.6) is 0 Å². The van der Waals surface area contributed by atoms with Crippen LogP contribution >= 0.6 is 11.6 Å². The molecule has 0 saturated heterocycles. The summed E-state index contributed by atoms with van der Waals surface area (Å²) in [4.78, 5) is 0. The molecule has 2 unspecified atom stereocenters. The minimum Gasteiger partial charge on any atom is -0.459 e. The van der Waals surface area contributed by atoms with E-state index in [9.17, 15) is 0 Å². The van der Waals surface area contributed by atoms with Gasteiger partial charge in [0, 0.05) is 17.7 Å². The monoisotopic (exact) mass is 272 g/mol. The van der Waals surface area contributed by atoms with Gasteiger partial charge in [0.15, 0.2) is 0 Å². The standard InChI is InChI=1S/C12H17ClN2O3/c1-8(18-12(14)15)11(17-7-16-2)9-5-3-4-6-10(9)13/h3-6,8,11H,7H2,1-2H3,(H3,14,15). The predicted molar refractivity (Wildman–Crippen MR) is 69.6 cm³/mol. The van der Waals surface area contributed by atoms with E-state index in [-0.39, 0.29) is 12.8 Å². The Morgan fingerprint density at radius 2 is 2.11 bits per heavy atom. The average Bonchev–Trinajstić information content (AvgIpc) is 2.31. The minimum absolute atomic E-state index is 0.0987. The summed E-state index contributed by atoms with van der Waals surface area (Å²) in [6, 6.07) is 6.92. The van der Waals surface area contributed by atoms with Crippen molar-refractivity contribution in [3.05, 3.63) is 34.9 Å². The molecule has 0 aliphatic carbocycles. The Morgan fingerprint density at radius 1 is 1.44 bits per heavy atom. The zero-order chi connectivity index (χ0) is 13.5. The summed E-state index contributed by atoms with van der Waals surface area (Å²) in [6.07, 6.45) is -0.903. The predicted octanol–water partition coefficient (Wildman–Crippen LogP) is 2.30. The summed E-state index contributed by atoms with van der Waals surface area (Å²) in [5.41, 5.74) is 5.99. The summed E-state index contributed by atoms with van der Waals surface area (Å²) in [5.74, 6) is 0. The van der Waals surface area contributed by atoms with E-state index < -0.39 is 12.2 Å². The number of amidine groups is 1. The van der Waals surface area contributed by atoms with Crippen molar-refractivity contribution in [1.82, 2.24) is 0 Å². The van der Waals surface area contributed by atoms with Gasteiger partial charge in [0.05, 0.1) is 0 Å². The van der Waals surface area contributed by atoms with Gasteiger partial charge in [-0.2, -0.15) is 0 Å². The molecule has 100 valence electrons. The molecule has 0 saturated carbocycles. The topological polar surface area (TPSA) is 77.6 Å². The van der Waals surface area contributed by atoms with Gasteiger partial charge < -0.3 is 19.9 Å². The third kappa shape index (κ3) is 4.18.